The van der Waals surface area contributed by atoms with Gasteiger partial charge in [-0.1, -0.05) is 28.9 Å². The van der Waals surface area contributed by atoms with Gasteiger partial charge in [0.05, 0.1) is 25.6 Å². The summed E-state index contributed by atoms with van der Waals surface area (Å²) in [6.07, 6.45) is 0. The van der Waals surface area contributed by atoms with E-state index in [9.17, 15) is 0 Å². The third kappa shape index (κ3) is 3.49. The molecule has 2 heterocycles. The molecule has 1 aromatic heterocycles. The Balaban J connectivity index is 1.91. The lowest BCUT2D eigenvalue weighted by molar-refractivity contribution is 0.228. The maximum Gasteiger partial charge on any atom is 0.161 e. The van der Waals surface area contributed by atoms with Gasteiger partial charge in [-0.05, 0) is 61.2 Å². The van der Waals surface area contributed by atoms with Crippen molar-refractivity contribution >= 4 is 59.1 Å². The quantitative estimate of drug-likeness (QED) is 0.463. The number of benzene rings is 1. The SMILES string of the molecule is CC1COc2ccc(C(Br)c3cc(Br)sc3Br)cc2OC1. The van der Waals surface area contributed by atoms with Gasteiger partial charge < -0.3 is 9.47 Å². The fourth-order valence-corrected chi connectivity index (χ4v) is 6.14. The van der Waals surface area contributed by atoms with Crippen molar-refractivity contribution in [2.24, 2.45) is 5.92 Å². The van der Waals surface area contributed by atoms with Crippen LogP contribution in [0.5, 0.6) is 11.5 Å². The van der Waals surface area contributed by atoms with Crippen LogP contribution < -0.4 is 9.47 Å². The summed E-state index contributed by atoms with van der Waals surface area (Å²) in [5.41, 5.74) is 2.35. The number of ether oxygens (including phenoxy) is 2. The van der Waals surface area contributed by atoms with Gasteiger partial charge in [0.15, 0.2) is 11.5 Å². The Morgan fingerprint density at radius 1 is 1.14 bits per heavy atom. The Morgan fingerprint density at radius 3 is 2.52 bits per heavy atom. The van der Waals surface area contributed by atoms with Gasteiger partial charge in [-0.3, -0.25) is 0 Å². The first-order valence-corrected chi connectivity index (χ1v) is 9.84. The van der Waals surface area contributed by atoms with E-state index >= 15 is 0 Å². The number of hydrogen-bond acceptors (Lipinski definition) is 3. The highest BCUT2D eigenvalue weighted by Crippen LogP contribution is 2.43. The van der Waals surface area contributed by atoms with Crippen LogP contribution in [0.25, 0.3) is 0 Å². The predicted molar refractivity (Wildman–Crippen MR) is 97.1 cm³/mol. The molecule has 3 rings (SSSR count). The molecule has 0 saturated carbocycles. The van der Waals surface area contributed by atoms with E-state index in [-0.39, 0.29) is 4.83 Å². The molecule has 1 aliphatic heterocycles. The second kappa shape index (κ2) is 6.60. The monoisotopic (exact) mass is 494 g/mol. The maximum atomic E-state index is 5.86. The van der Waals surface area contributed by atoms with E-state index in [4.69, 9.17) is 9.47 Å². The summed E-state index contributed by atoms with van der Waals surface area (Å²) < 4.78 is 13.9. The minimum absolute atomic E-state index is 0.115. The standard InChI is InChI=1S/C15H13Br3O2S/c1-8-6-19-11-3-2-9(4-12(11)20-7-8)14(17)10-5-13(16)21-15(10)18/h2-5,8,14H,6-7H2,1H3. The number of fused-ring (bicyclic) bond motifs is 1. The van der Waals surface area contributed by atoms with Gasteiger partial charge in [0.25, 0.3) is 0 Å². The molecule has 0 spiro atoms. The van der Waals surface area contributed by atoms with Gasteiger partial charge in [0.1, 0.15) is 0 Å². The first-order valence-electron chi connectivity index (χ1n) is 6.53. The Hall–Kier alpha value is -0.0400. The smallest absolute Gasteiger partial charge is 0.161 e. The third-order valence-corrected chi connectivity index (χ3v) is 6.67. The molecule has 2 unspecified atom stereocenters. The predicted octanol–water partition coefficient (Wildman–Crippen LogP) is 6.16. The van der Waals surface area contributed by atoms with E-state index < -0.39 is 0 Å². The van der Waals surface area contributed by atoms with E-state index in [1.165, 1.54) is 5.56 Å². The van der Waals surface area contributed by atoms with Crippen molar-refractivity contribution in [1.82, 2.24) is 0 Å². The number of rotatable bonds is 2. The Labute approximate surface area is 153 Å². The van der Waals surface area contributed by atoms with Crippen LogP contribution in [-0.2, 0) is 0 Å². The zero-order valence-corrected chi connectivity index (χ0v) is 16.8. The van der Waals surface area contributed by atoms with Crippen LogP contribution in [0, 0.1) is 5.92 Å². The summed E-state index contributed by atoms with van der Waals surface area (Å²) in [6, 6.07) is 8.26. The first kappa shape index (κ1) is 15.8. The number of halogens is 3. The van der Waals surface area contributed by atoms with Crippen LogP contribution in [0.1, 0.15) is 22.9 Å². The molecule has 0 bridgehead atoms. The zero-order chi connectivity index (χ0) is 15.0. The summed E-state index contributed by atoms with van der Waals surface area (Å²) in [5.74, 6) is 2.06. The number of thiophene rings is 1. The molecule has 0 aliphatic carbocycles. The van der Waals surface area contributed by atoms with Crippen molar-refractivity contribution in [1.29, 1.82) is 0 Å². The molecule has 6 heteroatoms. The minimum Gasteiger partial charge on any atom is -0.489 e. The molecule has 0 fully saturated rings. The summed E-state index contributed by atoms with van der Waals surface area (Å²) in [6.45, 7) is 3.52. The van der Waals surface area contributed by atoms with Crippen LogP contribution in [-0.4, -0.2) is 13.2 Å². The van der Waals surface area contributed by atoms with E-state index in [0.717, 1.165) is 24.6 Å². The molecule has 1 aliphatic rings. The van der Waals surface area contributed by atoms with E-state index in [0.29, 0.717) is 19.1 Å². The fourth-order valence-electron chi connectivity index (χ4n) is 2.13. The van der Waals surface area contributed by atoms with Crippen molar-refractivity contribution in [3.63, 3.8) is 0 Å². The number of alkyl halides is 1. The number of hydrogen-bond donors (Lipinski definition) is 0. The highest BCUT2D eigenvalue weighted by Gasteiger charge is 2.20. The Bertz CT molecular complexity index is 656. The van der Waals surface area contributed by atoms with Crippen molar-refractivity contribution in [3.05, 3.63) is 43.0 Å². The van der Waals surface area contributed by atoms with Crippen LogP contribution >= 0.6 is 59.1 Å². The average molecular weight is 497 g/mol. The van der Waals surface area contributed by atoms with Gasteiger partial charge in [0, 0.05) is 5.92 Å². The van der Waals surface area contributed by atoms with Crippen LogP contribution in [0.4, 0.5) is 0 Å². The molecule has 1 aromatic carbocycles. The molecule has 112 valence electrons. The normalized spacial score (nSPS) is 19.1. The summed E-state index contributed by atoms with van der Waals surface area (Å²) in [4.78, 5) is 0.115. The lowest BCUT2D eigenvalue weighted by atomic mass is 10.1. The van der Waals surface area contributed by atoms with E-state index in [1.807, 2.05) is 6.07 Å². The second-order valence-corrected chi connectivity index (χ2v) is 9.74. The molecule has 0 saturated heterocycles. The molecule has 0 radical (unpaired) electrons. The molecule has 2 atom stereocenters. The summed E-state index contributed by atoms with van der Waals surface area (Å²) in [5, 5.41) is 0. The Morgan fingerprint density at radius 2 is 1.86 bits per heavy atom. The molecule has 0 amide bonds. The van der Waals surface area contributed by atoms with Gasteiger partial charge >= 0.3 is 0 Å². The highest BCUT2D eigenvalue weighted by molar-refractivity contribution is 9.12. The summed E-state index contributed by atoms with van der Waals surface area (Å²) >= 11 is 12.6. The molecule has 0 N–H and O–H groups in total. The van der Waals surface area contributed by atoms with Crippen LogP contribution in [0.15, 0.2) is 31.8 Å². The van der Waals surface area contributed by atoms with Gasteiger partial charge in [-0.2, -0.15) is 0 Å². The second-order valence-electron chi connectivity index (χ2n) is 5.08. The zero-order valence-electron chi connectivity index (χ0n) is 11.2. The van der Waals surface area contributed by atoms with Crippen molar-refractivity contribution in [3.8, 4) is 11.5 Å². The third-order valence-electron chi connectivity index (χ3n) is 3.26. The topological polar surface area (TPSA) is 18.5 Å². The van der Waals surface area contributed by atoms with Crippen molar-refractivity contribution in [2.45, 2.75) is 11.8 Å². The average Bonchev–Trinajstić information content (AvgIpc) is 2.69. The van der Waals surface area contributed by atoms with Gasteiger partial charge in [-0.25, -0.2) is 0 Å². The molecule has 2 aromatic rings. The van der Waals surface area contributed by atoms with Gasteiger partial charge in [0.2, 0.25) is 0 Å². The minimum atomic E-state index is 0.115. The van der Waals surface area contributed by atoms with E-state index in [1.54, 1.807) is 11.3 Å². The lowest BCUT2D eigenvalue weighted by Gasteiger charge is -2.13. The lowest BCUT2D eigenvalue weighted by Crippen LogP contribution is -2.12. The fraction of sp³-hybridized carbons (Fsp3) is 0.333. The Kier molecular flexibility index (Phi) is 4.98. The highest BCUT2D eigenvalue weighted by atomic mass is 79.9. The first-order chi connectivity index (χ1) is 10.0. The van der Waals surface area contributed by atoms with Crippen LogP contribution in [0.2, 0.25) is 0 Å². The summed E-state index contributed by atoms with van der Waals surface area (Å²) in [7, 11) is 0. The molecular formula is C15H13Br3O2S. The van der Waals surface area contributed by atoms with Crippen molar-refractivity contribution in [2.75, 3.05) is 13.2 Å². The van der Waals surface area contributed by atoms with Gasteiger partial charge in [-0.15, -0.1) is 11.3 Å². The molecular weight excluding hydrogens is 484 g/mol. The van der Waals surface area contributed by atoms with Crippen molar-refractivity contribution < 1.29 is 9.47 Å². The van der Waals surface area contributed by atoms with Crippen LogP contribution in [0.3, 0.4) is 0 Å². The molecule has 21 heavy (non-hydrogen) atoms. The largest absolute Gasteiger partial charge is 0.489 e. The maximum absolute atomic E-state index is 5.86. The molecule has 2 nitrogen and oxygen atoms in total. The van der Waals surface area contributed by atoms with E-state index in [2.05, 4.69) is 72.9 Å².